The summed E-state index contributed by atoms with van der Waals surface area (Å²) in [6.07, 6.45) is 13.2. The van der Waals surface area contributed by atoms with Crippen molar-refractivity contribution >= 4 is 11.9 Å². The molecule has 2 aliphatic rings. The Labute approximate surface area is 170 Å². The van der Waals surface area contributed by atoms with Crippen molar-refractivity contribution in [2.45, 2.75) is 97.0 Å². The highest BCUT2D eigenvalue weighted by Crippen LogP contribution is 2.30. The number of esters is 2. The topological polar surface area (TPSA) is 72.8 Å². The number of aliphatic hydroxyl groups is 1. The fourth-order valence-electron chi connectivity index (χ4n) is 4.73. The molecule has 0 aliphatic heterocycles. The Morgan fingerprint density at radius 3 is 1.46 bits per heavy atom. The van der Waals surface area contributed by atoms with Crippen LogP contribution in [0.3, 0.4) is 0 Å². The Hall–Kier alpha value is -1.10. The van der Waals surface area contributed by atoms with E-state index in [-0.39, 0.29) is 37.0 Å². The van der Waals surface area contributed by atoms with Gasteiger partial charge >= 0.3 is 11.9 Å². The average molecular weight is 397 g/mol. The van der Waals surface area contributed by atoms with Crippen LogP contribution in [0.25, 0.3) is 0 Å². The van der Waals surface area contributed by atoms with E-state index in [4.69, 9.17) is 9.47 Å². The molecule has 0 aromatic rings. The van der Waals surface area contributed by atoms with E-state index in [0.717, 1.165) is 12.8 Å². The third kappa shape index (κ3) is 8.50. The molecule has 0 saturated heterocycles. The molecule has 0 aromatic heterocycles. The molecule has 0 spiro atoms. The maximum Gasteiger partial charge on any atom is 0.308 e. The molecule has 0 heterocycles. The number of hydrogen-bond donors (Lipinski definition) is 1. The van der Waals surface area contributed by atoms with Crippen LogP contribution in [-0.4, -0.2) is 36.4 Å². The molecule has 0 radical (unpaired) electrons. The van der Waals surface area contributed by atoms with Crippen molar-refractivity contribution in [3.05, 3.63) is 0 Å². The summed E-state index contributed by atoms with van der Waals surface area (Å²) in [5, 5.41) is 10.00. The number of aliphatic hydroxyl groups excluding tert-OH is 1. The minimum Gasteiger partial charge on any atom is -0.463 e. The fourth-order valence-corrected chi connectivity index (χ4v) is 4.73. The van der Waals surface area contributed by atoms with Gasteiger partial charge in [0.1, 0.15) is 19.3 Å². The van der Waals surface area contributed by atoms with E-state index in [0.29, 0.717) is 11.8 Å². The first kappa shape index (κ1) is 23.2. The van der Waals surface area contributed by atoms with Crippen LogP contribution in [0.5, 0.6) is 0 Å². The molecule has 162 valence electrons. The summed E-state index contributed by atoms with van der Waals surface area (Å²) in [6, 6.07) is 0. The standard InChI is InChI=1S/C23H40O5/c1-17(13-19-9-5-3-6-10-19)22(25)27-15-21(24)16-28-23(26)18(2)14-20-11-7-4-8-12-20/h17-21,24H,3-16H2,1-2H3. The van der Waals surface area contributed by atoms with E-state index < -0.39 is 6.10 Å². The molecule has 2 aliphatic carbocycles. The van der Waals surface area contributed by atoms with Crippen LogP contribution < -0.4 is 0 Å². The van der Waals surface area contributed by atoms with E-state index >= 15 is 0 Å². The van der Waals surface area contributed by atoms with Gasteiger partial charge in [0, 0.05) is 0 Å². The zero-order chi connectivity index (χ0) is 20.4. The van der Waals surface area contributed by atoms with E-state index in [1.807, 2.05) is 13.8 Å². The van der Waals surface area contributed by atoms with Gasteiger partial charge in [0.15, 0.2) is 0 Å². The third-order valence-electron chi connectivity index (χ3n) is 6.46. The van der Waals surface area contributed by atoms with E-state index in [1.165, 1.54) is 64.2 Å². The number of carbonyl (C=O) groups excluding carboxylic acids is 2. The summed E-state index contributed by atoms with van der Waals surface area (Å²) in [7, 11) is 0. The normalized spacial score (nSPS) is 22.2. The lowest BCUT2D eigenvalue weighted by molar-refractivity contribution is -0.157. The molecule has 2 rings (SSSR count). The minimum absolute atomic E-state index is 0.113. The summed E-state index contributed by atoms with van der Waals surface area (Å²) in [6.45, 7) is 3.57. The van der Waals surface area contributed by atoms with Crippen LogP contribution in [0.4, 0.5) is 0 Å². The van der Waals surface area contributed by atoms with Crippen LogP contribution in [-0.2, 0) is 19.1 Å². The van der Waals surface area contributed by atoms with Crippen molar-refractivity contribution in [2.24, 2.45) is 23.7 Å². The quantitative estimate of drug-likeness (QED) is 0.544. The van der Waals surface area contributed by atoms with Crippen LogP contribution in [0.2, 0.25) is 0 Å². The molecule has 0 bridgehead atoms. The molecular formula is C23H40O5. The maximum atomic E-state index is 12.1. The Morgan fingerprint density at radius 1 is 0.750 bits per heavy atom. The molecule has 2 unspecified atom stereocenters. The monoisotopic (exact) mass is 396 g/mol. The highest BCUT2D eigenvalue weighted by Gasteiger charge is 2.24. The van der Waals surface area contributed by atoms with E-state index in [1.54, 1.807) is 0 Å². The second-order valence-corrected chi connectivity index (χ2v) is 9.20. The van der Waals surface area contributed by atoms with Crippen molar-refractivity contribution in [3.63, 3.8) is 0 Å². The molecule has 0 amide bonds. The van der Waals surface area contributed by atoms with Crippen molar-refractivity contribution in [1.82, 2.24) is 0 Å². The van der Waals surface area contributed by atoms with Crippen LogP contribution in [0, 0.1) is 23.7 Å². The number of ether oxygens (including phenoxy) is 2. The van der Waals surface area contributed by atoms with Gasteiger partial charge < -0.3 is 14.6 Å². The molecule has 2 atom stereocenters. The minimum atomic E-state index is -0.961. The molecule has 2 fully saturated rings. The molecule has 0 aromatic carbocycles. The van der Waals surface area contributed by atoms with Crippen molar-refractivity contribution in [2.75, 3.05) is 13.2 Å². The number of rotatable bonds is 10. The first-order valence-corrected chi connectivity index (χ1v) is 11.5. The van der Waals surface area contributed by atoms with Crippen molar-refractivity contribution in [1.29, 1.82) is 0 Å². The second kappa shape index (κ2) is 12.5. The highest BCUT2D eigenvalue weighted by molar-refractivity contribution is 5.72. The first-order chi connectivity index (χ1) is 13.5. The predicted molar refractivity (Wildman–Crippen MR) is 109 cm³/mol. The maximum absolute atomic E-state index is 12.1. The third-order valence-corrected chi connectivity index (χ3v) is 6.46. The molecule has 28 heavy (non-hydrogen) atoms. The van der Waals surface area contributed by atoms with Gasteiger partial charge in [0.05, 0.1) is 11.8 Å². The smallest absolute Gasteiger partial charge is 0.308 e. The van der Waals surface area contributed by atoms with Crippen LogP contribution >= 0.6 is 0 Å². The summed E-state index contributed by atoms with van der Waals surface area (Å²) in [5.74, 6) is 0.422. The Morgan fingerprint density at radius 2 is 1.11 bits per heavy atom. The molecular weight excluding hydrogens is 356 g/mol. The Bertz CT molecular complexity index is 424. The molecule has 1 N–H and O–H groups in total. The zero-order valence-corrected chi connectivity index (χ0v) is 17.9. The van der Waals surface area contributed by atoms with Gasteiger partial charge in [-0.1, -0.05) is 78.1 Å². The Kier molecular flexibility index (Phi) is 10.3. The summed E-state index contributed by atoms with van der Waals surface area (Å²) >= 11 is 0. The van der Waals surface area contributed by atoms with E-state index in [2.05, 4.69) is 0 Å². The number of carbonyl (C=O) groups is 2. The molecule has 5 heteroatoms. The van der Waals surface area contributed by atoms with Crippen LogP contribution in [0.15, 0.2) is 0 Å². The van der Waals surface area contributed by atoms with Crippen molar-refractivity contribution < 1.29 is 24.2 Å². The molecule has 2 saturated carbocycles. The zero-order valence-electron chi connectivity index (χ0n) is 17.9. The van der Waals surface area contributed by atoms with Crippen molar-refractivity contribution in [3.8, 4) is 0 Å². The van der Waals surface area contributed by atoms with Crippen LogP contribution in [0.1, 0.15) is 90.9 Å². The van der Waals surface area contributed by atoms with Gasteiger partial charge in [-0.25, -0.2) is 0 Å². The van der Waals surface area contributed by atoms with E-state index in [9.17, 15) is 14.7 Å². The highest BCUT2D eigenvalue weighted by atomic mass is 16.6. The SMILES string of the molecule is CC(CC1CCCCC1)C(=O)OCC(O)COC(=O)C(C)CC1CCCCC1. The summed E-state index contributed by atoms with van der Waals surface area (Å²) < 4.78 is 10.5. The van der Waals surface area contributed by atoms with Gasteiger partial charge in [-0.05, 0) is 24.7 Å². The second-order valence-electron chi connectivity index (χ2n) is 9.20. The summed E-state index contributed by atoms with van der Waals surface area (Å²) in [4.78, 5) is 24.3. The average Bonchev–Trinajstić information content (AvgIpc) is 2.71. The first-order valence-electron chi connectivity index (χ1n) is 11.5. The summed E-state index contributed by atoms with van der Waals surface area (Å²) in [5.41, 5.74) is 0. The predicted octanol–water partition coefficient (Wildman–Crippen LogP) is 4.65. The van der Waals surface area contributed by atoms with Gasteiger partial charge in [0.2, 0.25) is 0 Å². The fraction of sp³-hybridized carbons (Fsp3) is 0.913. The largest absolute Gasteiger partial charge is 0.463 e. The van der Waals surface area contributed by atoms with Gasteiger partial charge in [-0.2, -0.15) is 0 Å². The van der Waals surface area contributed by atoms with Gasteiger partial charge in [-0.3, -0.25) is 9.59 Å². The lowest BCUT2D eigenvalue weighted by Gasteiger charge is -2.24. The Balaban J connectivity index is 1.58. The van der Waals surface area contributed by atoms with Gasteiger partial charge in [-0.15, -0.1) is 0 Å². The lowest BCUT2D eigenvalue weighted by atomic mass is 9.83. The lowest BCUT2D eigenvalue weighted by Crippen LogP contribution is -2.29. The molecule has 5 nitrogen and oxygen atoms in total. The number of hydrogen-bond acceptors (Lipinski definition) is 5. The van der Waals surface area contributed by atoms with Gasteiger partial charge in [0.25, 0.3) is 0 Å².